The molecule has 1 aliphatic heterocycles. The lowest BCUT2D eigenvalue weighted by molar-refractivity contribution is -0.384. The number of carbonyl (C=O) groups excluding carboxylic acids is 2. The van der Waals surface area contributed by atoms with Gasteiger partial charge in [-0.15, -0.1) is 0 Å². The van der Waals surface area contributed by atoms with Crippen LogP contribution in [0.3, 0.4) is 0 Å². The van der Waals surface area contributed by atoms with Crippen molar-refractivity contribution in [3.63, 3.8) is 0 Å². The molecule has 4 rings (SSSR count). The minimum atomic E-state index is -1.04. The Kier molecular flexibility index (Phi) is 9.51. The molecule has 1 heterocycles. The van der Waals surface area contributed by atoms with Crippen molar-refractivity contribution < 1.29 is 24.0 Å². The molecule has 0 spiro atoms. The highest BCUT2D eigenvalue weighted by molar-refractivity contribution is 6.57. The maximum atomic E-state index is 14.0. The summed E-state index contributed by atoms with van der Waals surface area (Å²) in [5.41, 5.74) is 1.79. The Labute approximate surface area is 257 Å². The molecule has 0 fully saturated rings. The number of hydrogen-bond acceptors (Lipinski definition) is 7. The van der Waals surface area contributed by atoms with Crippen LogP contribution >= 0.6 is 0 Å². The van der Waals surface area contributed by atoms with Crippen molar-refractivity contribution in [3.05, 3.63) is 123 Å². The minimum Gasteiger partial charge on any atom is -0.460 e. The molecule has 0 aromatic heterocycles. The molecule has 0 amide bonds. The van der Waals surface area contributed by atoms with Gasteiger partial charge in [-0.25, -0.2) is 9.59 Å². The van der Waals surface area contributed by atoms with Crippen LogP contribution in [0.5, 0.6) is 0 Å². The van der Waals surface area contributed by atoms with Crippen LogP contribution in [0.1, 0.15) is 53.0 Å². The third-order valence-electron chi connectivity index (χ3n) is 7.30. The molecular weight excluding hydrogens is 577 g/mol. The number of allylic oxidation sites excluding steroid dienone is 2. The lowest BCUT2D eigenvalue weighted by Gasteiger charge is -2.34. The summed E-state index contributed by atoms with van der Waals surface area (Å²) in [5.74, 6) is -2.08. The first-order valence-electron chi connectivity index (χ1n) is 14.2. The average Bonchev–Trinajstić information content (AvgIpc) is 2.92. The van der Waals surface area contributed by atoms with Crippen LogP contribution < -0.4 is 15.7 Å². The van der Waals surface area contributed by atoms with E-state index in [0.717, 1.165) is 10.4 Å². The molecule has 224 valence electrons. The Morgan fingerprint density at radius 2 is 1.19 bits per heavy atom. The summed E-state index contributed by atoms with van der Waals surface area (Å²) in [6.45, 7) is 11.1. The Bertz CT molecular complexity index is 1490. The zero-order valence-electron chi connectivity index (χ0n) is 25.5. The Hall–Kier alpha value is -4.29. The maximum Gasteiger partial charge on any atom is 0.336 e. The minimum absolute atomic E-state index is 0.139. The molecule has 43 heavy (non-hydrogen) atoms. The molecule has 3 aromatic rings. The second-order valence-electron chi connectivity index (χ2n) is 12.1. The van der Waals surface area contributed by atoms with Gasteiger partial charge in [0.15, 0.2) is 0 Å². The zero-order valence-corrected chi connectivity index (χ0v) is 28.3. The molecule has 10 heteroatoms. The van der Waals surface area contributed by atoms with Gasteiger partial charge in [0.25, 0.3) is 5.69 Å². The van der Waals surface area contributed by atoms with E-state index in [9.17, 15) is 19.7 Å². The van der Waals surface area contributed by atoms with E-state index in [1.807, 2.05) is 88.4 Å². The lowest BCUT2D eigenvalue weighted by atomic mass is 9.80. The van der Waals surface area contributed by atoms with E-state index in [1.165, 1.54) is 12.1 Å². The van der Waals surface area contributed by atoms with E-state index in [-0.39, 0.29) is 16.8 Å². The van der Waals surface area contributed by atoms with Gasteiger partial charge in [-0.3, -0.25) is 10.1 Å². The van der Waals surface area contributed by atoms with Gasteiger partial charge in [-0.2, -0.15) is 0 Å². The van der Waals surface area contributed by atoms with Gasteiger partial charge < -0.3 is 14.8 Å². The van der Waals surface area contributed by atoms with E-state index >= 15 is 0 Å². The van der Waals surface area contributed by atoms with Crippen LogP contribution in [0.4, 0.5) is 5.69 Å². The number of nitro groups is 1. The zero-order chi connectivity index (χ0) is 31.4. The summed E-state index contributed by atoms with van der Waals surface area (Å²) in [5, 5.41) is 15.7. The fraction of sp³-hybridized carbons (Fsp3) is 0.273. The summed E-state index contributed by atoms with van der Waals surface area (Å²) in [6.07, 6.45) is 0. The van der Waals surface area contributed by atoms with E-state index in [1.54, 1.807) is 26.0 Å². The van der Waals surface area contributed by atoms with E-state index < -0.39 is 52.3 Å². The first-order chi connectivity index (χ1) is 20.3. The molecule has 1 N–H and O–H groups in total. The number of ether oxygens (including phenoxy) is 2. The topological polar surface area (TPSA) is 108 Å². The largest absolute Gasteiger partial charge is 0.460 e. The number of dihydropyridines is 1. The molecule has 0 radical (unpaired) electrons. The normalized spacial score (nSPS) is 16.1. The van der Waals surface area contributed by atoms with Gasteiger partial charge in [-0.1, -0.05) is 83.2 Å². The van der Waals surface area contributed by atoms with E-state index in [2.05, 4.69) is 5.32 Å². The predicted molar refractivity (Wildman–Crippen MR) is 174 cm³/mol. The number of esters is 2. The standard InChI is InChI=1S/C33H38N2O6Si2/c1-21-27(30(36)40-32(3,4)42-25-16-9-7-10-17-25)29(23-14-13-15-24(20-23)35(38)39)28(22(2)34-21)31(37)41-33(5,6)43-26-18-11-8-12-19-26/h7-20,29,34H,42-43H2,1-6H3. The number of nitrogens with zero attached hydrogens (tertiary/aromatic N) is 1. The van der Waals surface area contributed by atoms with E-state index in [4.69, 9.17) is 9.47 Å². The number of nitro benzene ring substituents is 1. The number of hydrogen-bond donors (Lipinski definition) is 1. The molecule has 0 bridgehead atoms. The molecular formula is C33H38N2O6Si2. The average molecular weight is 615 g/mol. The highest BCUT2D eigenvalue weighted by Gasteiger charge is 2.41. The fourth-order valence-electron chi connectivity index (χ4n) is 5.55. The highest BCUT2D eigenvalue weighted by atomic mass is 28.2. The summed E-state index contributed by atoms with van der Waals surface area (Å²) in [4.78, 5) is 39.3. The predicted octanol–water partition coefficient (Wildman–Crippen LogP) is 3.38. The van der Waals surface area contributed by atoms with Crippen LogP contribution in [-0.4, -0.2) is 46.3 Å². The van der Waals surface area contributed by atoms with Crippen LogP contribution in [0.25, 0.3) is 0 Å². The Morgan fingerprint density at radius 1 is 0.744 bits per heavy atom. The molecule has 1 aliphatic rings. The van der Waals surface area contributed by atoms with Gasteiger partial charge >= 0.3 is 11.9 Å². The smallest absolute Gasteiger partial charge is 0.336 e. The van der Waals surface area contributed by atoms with Crippen molar-refractivity contribution in [2.75, 3.05) is 0 Å². The first-order valence-corrected chi connectivity index (χ1v) is 17.1. The number of non-ortho nitro benzene ring substituents is 1. The summed E-state index contributed by atoms with van der Waals surface area (Å²) in [7, 11) is -2.08. The molecule has 0 unspecified atom stereocenters. The van der Waals surface area contributed by atoms with Gasteiger partial charge in [0.1, 0.15) is 19.0 Å². The number of rotatable bonds is 10. The Morgan fingerprint density at radius 3 is 1.60 bits per heavy atom. The summed E-state index contributed by atoms with van der Waals surface area (Å²) < 4.78 is 12.3. The lowest BCUT2D eigenvalue weighted by Crippen LogP contribution is -2.44. The number of carbonyl (C=O) groups is 2. The molecule has 0 saturated carbocycles. The summed E-state index contributed by atoms with van der Waals surface area (Å²) in [6, 6.07) is 25.9. The van der Waals surface area contributed by atoms with Crippen molar-refractivity contribution in [2.24, 2.45) is 0 Å². The summed E-state index contributed by atoms with van der Waals surface area (Å²) >= 11 is 0. The number of benzene rings is 3. The van der Waals surface area contributed by atoms with Gasteiger partial charge in [0, 0.05) is 23.5 Å². The Balaban J connectivity index is 1.72. The molecule has 0 saturated heterocycles. The van der Waals surface area contributed by atoms with Gasteiger partial charge in [-0.05, 0) is 47.1 Å². The van der Waals surface area contributed by atoms with Crippen LogP contribution in [-0.2, 0) is 19.1 Å². The van der Waals surface area contributed by atoms with Crippen molar-refractivity contribution in [2.45, 2.75) is 57.9 Å². The van der Waals surface area contributed by atoms with Crippen molar-refractivity contribution in [1.29, 1.82) is 0 Å². The second-order valence-corrected chi connectivity index (χ2v) is 17.9. The third kappa shape index (κ3) is 7.96. The number of nitrogens with one attached hydrogen (secondary N) is 1. The van der Waals surface area contributed by atoms with Gasteiger partial charge in [0.05, 0.1) is 32.4 Å². The second kappa shape index (κ2) is 12.9. The maximum absolute atomic E-state index is 14.0. The molecule has 0 atom stereocenters. The van der Waals surface area contributed by atoms with Crippen LogP contribution in [0, 0.1) is 10.1 Å². The van der Waals surface area contributed by atoms with E-state index in [0.29, 0.717) is 17.0 Å². The quantitative estimate of drug-likeness (QED) is 0.162. The van der Waals surface area contributed by atoms with Crippen molar-refractivity contribution in [1.82, 2.24) is 5.32 Å². The van der Waals surface area contributed by atoms with Crippen LogP contribution in [0.2, 0.25) is 0 Å². The SMILES string of the molecule is CC1=C(C(=O)OC(C)(C)[SiH2]c2ccccc2)C(c2cccc([N+](=O)[O-])c2)C(C(=O)OC(C)(C)[SiH2]c2ccccc2)=C(C)N1. The monoisotopic (exact) mass is 614 g/mol. The first kappa shape index (κ1) is 31.6. The third-order valence-corrected chi connectivity index (χ3v) is 11.0. The molecule has 0 aliphatic carbocycles. The molecule has 3 aromatic carbocycles. The van der Waals surface area contributed by atoms with Crippen LogP contribution in [0.15, 0.2) is 107 Å². The molecule has 8 nitrogen and oxygen atoms in total. The fourth-order valence-corrected chi connectivity index (χ4v) is 8.93. The van der Waals surface area contributed by atoms with Crippen molar-refractivity contribution in [3.8, 4) is 0 Å². The highest BCUT2D eigenvalue weighted by Crippen LogP contribution is 2.41. The van der Waals surface area contributed by atoms with Gasteiger partial charge in [0.2, 0.25) is 0 Å². The van der Waals surface area contributed by atoms with Crippen molar-refractivity contribution >= 4 is 47.0 Å².